The Morgan fingerprint density at radius 2 is 1.19 bits per heavy atom. The van der Waals surface area contributed by atoms with Crippen molar-refractivity contribution in [3.05, 3.63) is 132 Å². The highest BCUT2D eigenvalue weighted by atomic mass is 35.7. The SMILES string of the molecule is CCCCN([P+](C)(c1ccccc1)c1ccccc1)[P+]1(Cl)[C@H](c2ccccc2)C=N[C@H]1c1ccccc1. The van der Waals surface area contributed by atoms with Gasteiger partial charge in [-0.3, -0.25) is 0 Å². The van der Waals surface area contributed by atoms with Gasteiger partial charge in [-0.15, -0.1) is 0 Å². The van der Waals surface area contributed by atoms with E-state index in [0.717, 1.165) is 19.4 Å². The predicted octanol–water partition coefficient (Wildman–Crippen LogP) is 8.91. The number of rotatable bonds is 9. The second-order valence-corrected chi connectivity index (χ2v) is 17.9. The van der Waals surface area contributed by atoms with Gasteiger partial charge >= 0.3 is 0 Å². The van der Waals surface area contributed by atoms with Crippen molar-refractivity contribution >= 4 is 42.2 Å². The van der Waals surface area contributed by atoms with Crippen LogP contribution in [0.3, 0.4) is 0 Å². The number of hydrogen-bond donors (Lipinski definition) is 0. The lowest BCUT2D eigenvalue weighted by Crippen LogP contribution is -2.37. The molecule has 0 radical (unpaired) electrons. The summed E-state index contributed by atoms with van der Waals surface area (Å²) in [6.07, 6.45) is 4.36. The third-order valence-electron chi connectivity index (χ3n) is 7.39. The molecule has 0 bridgehead atoms. The van der Waals surface area contributed by atoms with Gasteiger partial charge in [0.25, 0.3) is 6.77 Å². The Morgan fingerprint density at radius 1 is 0.730 bits per heavy atom. The topological polar surface area (TPSA) is 15.6 Å². The van der Waals surface area contributed by atoms with Crippen LogP contribution in [-0.4, -0.2) is 23.9 Å². The van der Waals surface area contributed by atoms with Crippen LogP contribution in [0.15, 0.2) is 126 Å². The molecule has 0 spiro atoms. The molecule has 0 saturated heterocycles. The summed E-state index contributed by atoms with van der Waals surface area (Å²) in [5.41, 5.74) is 2.51. The number of nitrogens with zero attached hydrogens (tertiary/aromatic N) is 2. The van der Waals surface area contributed by atoms with Crippen molar-refractivity contribution in [3.63, 3.8) is 0 Å². The first-order chi connectivity index (χ1) is 18.1. The molecule has 0 amide bonds. The third kappa shape index (κ3) is 4.94. The van der Waals surface area contributed by atoms with Crippen LogP contribution in [0, 0.1) is 0 Å². The van der Waals surface area contributed by atoms with Crippen molar-refractivity contribution in [2.75, 3.05) is 13.2 Å². The van der Waals surface area contributed by atoms with Gasteiger partial charge in [0.2, 0.25) is 5.78 Å². The minimum Gasteiger partial charge on any atom is -0.244 e. The fourth-order valence-corrected chi connectivity index (χ4v) is 17.2. The first-order valence-electron chi connectivity index (χ1n) is 13.1. The van der Waals surface area contributed by atoms with Gasteiger partial charge in [0.1, 0.15) is 21.8 Å². The van der Waals surface area contributed by atoms with E-state index in [1.807, 2.05) is 0 Å². The van der Waals surface area contributed by atoms with Crippen molar-refractivity contribution in [2.24, 2.45) is 4.99 Å². The predicted molar refractivity (Wildman–Crippen MR) is 166 cm³/mol. The quantitative estimate of drug-likeness (QED) is 0.192. The lowest BCUT2D eigenvalue weighted by Gasteiger charge is -2.40. The number of benzene rings is 4. The highest BCUT2D eigenvalue weighted by Gasteiger charge is 2.70. The molecule has 1 aliphatic heterocycles. The molecule has 0 N–H and O–H groups in total. The Morgan fingerprint density at radius 3 is 1.68 bits per heavy atom. The summed E-state index contributed by atoms with van der Waals surface area (Å²) < 4.78 is 2.78. The Hall–Kier alpha value is -2.34. The molecule has 0 aliphatic carbocycles. The van der Waals surface area contributed by atoms with E-state index in [4.69, 9.17) is 16.2 Å². The average Bonchev–Trinajstić information content (AvgIpc) is 3.32. The molecule has 4 aromatic carbocycles. The minimum atomic E-state index is -2.44. The third-order valence-corrected chi connectivity index (χ3v) is 18.4. The monoisotopic (exact) mass is 544 g/mol. The molecule has 0 saturated carbocycles. The molecule has 5 rings (SSSR count). The first-order valence-corrected chi connectivity index (χ1v) is 18.0. The van der Waals surface area contributed by atoms with Gasteiger partial charge in [-0.2, -0.15) is 0 Å². The van der Waals surface area contributed by atoms with E-state index in [9.17, 15) is 0 Å². The molecule has 5 heteroatoms. The maximum absolute atomic E-state index is 8.30. The van der Waals surface area contributed by atoms with Crippen LogP contribution in [0.25, 0.3) is 0 Å². The van der Waals surface area contributed by atoms with E-state index in [2.05, 4.69) is 146 Å². The number of unbranched alkanes of at least 4 members (excludes halogenated alkanes) is 1. The largest absolute Gasteiger partial charge is 0.262 e. The average molecular weight is 545 g/mol. The van der Waals surface area contributed by atoms with E-state index < -0.39 is 14.2 Å². The van der Waals surface area contributed by atoms with E-state index >= 15 is 0 Å². The Balaban J connectivity index is 1.77. The van der Waals surface area contributed by atoms with Gasteiger partial charge in [-0.1, -0.05) is 110 Å². The van der Waals surface area contributed by atoms with Crippen LogP contribution in [0.2, 0.25) is 0 Å². The molecule has 1 heterocycles. The van der Waals surface area contributed by atoms with Gasteiger partial charge < -0.3 is 0 Å². The van der Waals surface area contributed by atoms with Gasteiger partial charge in [-0.05, 0) is 35.1 Å². The Labute approximate surface area is 228 Å². The standard InChI is InChI=1S/C32H35ClN2P2/c1-3-4-25-35(36(2,29-21-13-7-14-22-29)30-23-15-8-16-24-30)37(33)31(27-17-9-5-10-18-27)26-34-32(37)28-19-11-6-12-20-28/h5-24,26,31-32H,3-4,25H2,1-2H3/q+2/t31-,32+,37?/m0/s1. The zero-order valence-electron chi connectivity index (χ0n) is 21.6. The molecular formula is C32H35ClN2P2+2. The molecule has 188 valence electrons. The molecule has 37 heavy (non-hydrogen) atoms. The molecule has 1 aliphatic rings. The van der Waals surface area contributed by atoms with E-state index in [1.54, 1.807) is 0 Å². The maximum Gasteiger partial charge on any atom is 0.262 e. The molecule has 1 unspecified atom stereocenters. The van der Waals surface area contributed by atoms with Crippen LogP contribution in [-0.2, 0) is 0 Å². The summed E-state index contributed by atoms with van der Waals surface area (Å²) in [6.45, 7) is 3.24. The Kier molecular flexibility index (Phi) is 8.23. The fourth-order valence-electron chi connectivity index (χ4n) is 5.42. The lowest BCUT2D eigenvalue weighted by atomic mass is 10.2. The number of halogens is 1. The molecule has 0 fully saturated rings. The summed E-state index contributed by atoms with van der Waals surface area (Å²) in [5, 5.41) is 2.73. The lowest BCUT2D eigenvalue weighted by molar-refractivity contribution is 0.622. The van der Waals surface area contributed by atoms with E-state index in [0.29, 0.717) is 0 Å². The number of aliphatic imine (C=N–C) groups is 1. The van der Waals surface area contributed by atoms with Crippen LogP contribution >= 0.6 is 25.4 Å². The second kappa shape index (κ2) is 11.6. The zero-order chi connectivity index (χ0) is 25.7. The van der Waals surface area contributed by atoms with Gasteiger partial charge in [-0.25, -0.2) is 4.99 Å². The highest BCUT2D eigenvalue weighted by Crippen LogP contribution is 2.92. The smallest absolute Gasteiger partial charge is 0.244 e. The van der Waals surface area contributed by atoms with E-state index in [-0.39, 0.29) is 11.4 Å². The number of hydrogen-bond acceptors (Lipinski definition) is 2. The van der Waals surface area contributed by atoms with Crippen molar-refractivity contribution < 1.29 is 0 Å². The fraction of sp³-hybridized carbons (Fsp3) is 0.219. The normalized spacial score (nSPS) is 21.4. The van der Waals surface area contributed by atoms with Crippen molar-refractivity contribution in [2.45, 2.75) is 31.2 Å². The van der Waals surface area contributed by atoms with Crippen LogP contribution in [0.1, 0.15) is 42.3 Å². The summed E-state index contributed by atoms with van der Waals surface area (Å²) in [6, 6.07) is 43.6. The summed E-state index contributed by atoms with van der Waals surface area (Å²) in [4.78, 5) is 5.22. The molecule has 0 aromatic heterocycles. The van der Waals surface area contributed by atoms with Crippen molar-refractivity contribution in [3.8, 4) is 0 Å². The van der Waals surface area contributed by atoms with Gasteiger partial charge in [0.15, 0.2) is 13.1 Å². The van der Waals surface area contributed by atoms with E-state index in [1.165, 1.54) is 21.7 Å². The van der Waals surface area contributed by atoms with Crippen molar-refractivity contribution in [1.29, 1.82) is 0 Å². The van der Waals surface area contributed by atoms with Gasteiger partial charge in [0, 0.05) is 11.1 Å². The second-order valence-electron chi connectivity index (χ2n) is 9.67. The Bertz CT molecular complexity index is 1210. The molecule has 2 nitrogen and oxygen atoms in total. The van der Waals surface area contributed by atoms with Crippen LogP contribution in [0.4, 0.5) is 0 Å². The van der Waals surface area contributed by atoms with Crippen molar-refractivity contribution in [1.82, 2.24) is 4.44 Å². The van der Waals surface area contributed by atoms with Crippen LogP contribution in [0.5, 0.6) is 0 Å². The van der Waals surface area contributed by atoms with Gasteiger partial charge in [0.05, 0.1) is 19.4 Å². The highest BCUT2D eigenvalue weighted by molar-refractivity contribution is 8.06. The molecule has 3 atom stereocenters. The molecule has 4 aromatic rings. The first kappa shape index (κ1) is 26.3. The zero-order valence-corrected chi connectivity index (χ0v) is 24.1. The minimum absolute atomic E-state index is 0.0594. The summed E-state index contributed by atoms with van der Waals surface area (Å²) >= 11 is 8.30. The summed E-state index contributed by atoms with van der Waals surface area (Å²) in [5.74, 6) is -0.0795. The molecular weight excluding hydrogens is 510 g/mol. The maximum atomic E-state index is 8.30. The summed E-state index contributed by atoms with van der Waals surface area (Å²) in [7, 11) is -2.07. The van der Waals surface area contributed by atoms with Crippen LogP contribution < -0.4 is 10.6 Å².